The van der Waals surface area contributed by atoms with Gasteiger partial charge in [-0.1, -0.05) is 0 Å². The van der Waals surface area contributed by atoms with E-state index in [9.17, 15) is 14.4 Å². The quantitative estimate of drug-likeness (QED) is 0.420. The summed E-state index contributed by atoms with van der Waals surface area (Å²) in [7, 11) is 0. The van der Waals surface area contributed by atoms with E-state index in [0.29, 0.717) is 35.8 Å². The van der Waals surface area contributed by atoms with Gasteiger partial charge in [0.05, 0.1) is 13.2 Å². The maximum Gasteiger partial charge on any atom is 0.325 e. The summed E-state index contributed by atoms with van der Waals surface area (Å²) >= 11 is 0. The van der Waals surface area contributed by atoms with Crippen LogP contribution in [0.5, 0.6) is 11.5 Å². The Morgan fingerprint density at radius 3 is 2.25 bits per heavy atom. The van der Waals surface area contributed by atoms with Crippen LogP contribution in [0.4, 0.5) is 0 Å². The molecule has 0 radical (unpaired) electrons. The lowest BCUT2D eigenvalue weighted by atomic mass is 10.1. The first kappa shape index (κ1) is 25.0. The minimum absolute atomic E-state index is 0.222. The number of hydrogen-bond donors (Lipinski definition) is 1. The molecule has 1 N–H and O–H groups in total. The van der Waals surface area contributed by atoms with Gasteiger partial charge in [0.15, 0.2) is 18.1 Å². The molecule has 0 aliphatic carbocycles. The zero-order chi connectivity index (χ0) is 23.8. The van der Waals surface area contributed by atoms with Gasteiger partial charge in [-0.05, 0) is 65.8 Å². The number of benzene rings is 1. The van der Waals surface area contributed by atoms with Gasteiger partial charge in [0.25, 0.3) is 5.91 Å². The summed E-state index contributed by atoms with van der Waals surface area (Å²) in [6, 6.07) is 6.81. The van der Waals surface area contributed by atoms with Gasteiger partial charge in [0.2, 0.25) is 5.78 Å². The van der Waals surface area contributed by atoms with E-state index in [1.54, 1.807) is 24.3 Å². The van der Waals surface area contributed by atoms with Crippen LogP contribution in [-0.4, -0.2) is 48.6 Å². The van der Waals surface area contributed by atoms with E-state index in [1.165, 1.54) is 0 Å². The normalized spacial score (nSPS) is 10.7. The van der Waals surface area contributed by atoms with Crippen molar-refractivity contribution in [1.82, 2.24) is 9.88 Å². The van der Waals surface area contributed by atoms with Gasteiger partial charge in [0.1, 0.15) is 6.54 Å². The molecule has 174 valence electrons. The number of aromatic nitrogens is 1. The zero-order valence-electron chi connectivity index (χ0n) is 19.6. The van der Waals surface area contributed by atoms with Crippen molar-refractivity contribution in [2.75, 3.05) is 26.4 Å². The maximum atomic E-state index is 12.5. The van der Waals surface area contributed by atoms with E-state index in [2.05, 4.69) is 9.88 Å². The average molecular weight is 445 g/mol. The van der Waals surface area contributed by atoms with Crippen molar-refractivity contribution in [2.45, 2.75) is 47.6 Å². The molecule has 0 bridgehead atoms. The first-order valence-corrected chi connectivity index (χ1v) is 10.7. The minimum Gasteiger partial charge on any atom is -0.490 e. The number of carbonyl (C=O) groups is 3. The minimum atomic E-state index is -0.694. The third kappa shape index (κ3) is 6.12. The lowest BCUT2D eigenvalue weighted by Crippen LogP contribution is -2.31. The number of rotatable bonds is 11. The number of ketones is 1. The van der Waals surface area contributed by atoms with Crippen LogP contribution < -0.4 is 14.8 Å². The van der Waals surface area contributed by atoms with Crippen molar-refractivity contribution >= 4 is 17.7 Å². The average Bonchev–Trinajstić information content (AvgIpc) is 3.05. The molecule has 0 unspecified atom stereocenters. The number of esters is 1. The van der Waals surface area contributed by atoms with E-state index >= 15 is 0 Å². The number of nitrogens with zero attached hydrogens (tertiary/aromatic N) is 1. The van der Waals surface area contributed by atoms with Crippen LogP contribution in [0, 0.1) is 13.8 Å². The van der Waals surface area contributed by atoms with Crippen LogP contribution in [0.3, 0.4) is 0 Å². The fourth-order valence-corrected chi connectivity index (χ4v) is 3.58. The summed E-state index contributed by atoms with van der Waals surface area (Å²) in [4.78, 5) is 36.9. The van der Waals surface area contributed by atoms with Crippen molar-refractivity contribution in [3.05, 3.63) is 46.8 Å². The van der Waals surface area contributed by atoms with Crippen molar-refractivity contribution in [3.63, 3.8) is 0 Å². The van der Waals surface area contributed by atoms with Gasteiger partial charge in [-0.15, -0.1) is 0 Å². The molecule has 0 fully saturated rings. The van der Waals surface area contributed by atoms with Crippen LogP contribution in [0.2, 0.25) is 0 Å². The van der Waals surface area contributed by atoms with E-state index in [1.807, 2.05) is 41.5 Å². The van der Waals surface area contributed by atoms with Crippen LogP contribution in [0.1, 0.15) is 65.8 Å². The summed E-state index contributed by atoms with van der Waals surface area (Å²) in [5, 5.41) is 2.50. The van der Waals surface area contributed by atoms with Crippen molar-refractivity contribution in [3.8, 4) is 11.5 Å². The highest BCUT2D eigenvalue weighted by molar-refractivity contribution is 6.00. The molecule has 32 heavy (non-hydrogen) atoms. The molecule has 8 heteroatoms. The predicted molar refractivity (Wildman–Crippen MR) is 121 cm³/mol. The number of nitrogens with one attached hydrogen (secondary N) is 1. The molecule has 0 spiro atoms. The molecule has 0 atom stereocenters. The lowest BCUT2D eigenvalue weighted by molar-refractivity contribution is -0.141. The number of aryl methyl sites for hydroxylation is 1. The second-order valence-corrected chi connectivity index (χ2v) is 7.54. The number of amides is 1. The predicted octanol–water partition coefficient (Wildman–Crippen LogP) is 3.64. The van der Waals surface area contributed by atoms with Gasteiger partial charge in [-0.3, -0.25) is 14.4 Å². The first-order valence-electron chi connectivity index (χ1n) is 10.7. The van der Waals surface area contributed by atoms with Gasteiger partial charge in [-0.2, -0.15) is 0 Å². The van der Waals surface area contributed by atoms with Gasteiger partial charge >= 0.3 is 5.97 Å². The molecule has 0 aliphatic heterocycles. The van der Waals surface area contributed by atoms with E-state index in [4.69, 9.17) is 14.2 Å². The van der Waals surface area contributed by atoms with Crippen molar-refractivity contribution < 1.29 is 28.6 Å². The van der Waals surface area contributed by atoms with Crippen LogP contribution in [-0.2, 0) is 9.53 Å². The second-order valence-electron chi connectivity index (χ2n) is 7.54. The van der Waals surface area contributed by atoms with Crippen LogP contribution in [0.25, 0.3) is 0 Å². The Morgan fingerprint density at radius 1 is 1.00 bits per heavy atom. The Bertz CT molecular complexity index is 977. The summed E-state index contributed by atoms with van der Waals surface area (Å²) < 4.78 is 18.1. The molecule has 0 saturated carbocycles. The number of carbonyl (C=O) groups excluding carboxylic acids is 3. The molecule has 1 amide bonds. The molecule has 2 rings (SSSR count). The molecule has 8 nitrogen and oxygen atoms in total. The Labute approximate surface area is 188 Å². The molecular weight excluding hydrogens is 412 g/mol. The zero-order valence-corrected chi connectivity index (χ0v) is 19.6. The van der Waals surface area contributed by atoms with E-state index < -0.39 is 11.9 Å². The monoisotopic (exact) mass is 444 g/mol. The fraction of sp³-hybridized carbons (Fsp3) is 0.458. The Kier molecular flexibility index (Phi) is 8.87. The van der Waals surface area contributed by atoms with Crippen LogP contribution in [0.15, 0.2) is 24.3 Å². The summed E-state index contributed by atoms with van der Waals surface area (Å²) in [6.45, 7) is 11.7. The Morgan fingerprint density at radius 2 is 1.66 bits per heavy atom. The summed E-state index contributed by atoms with van der Waals surface area (Å²) in [6.07, 6.45) is 0. The first-order chi connectivity index (χ1) is 15.2. The molecular formula is C24H32N2O6. The number of Topliss-reactive ketones (excluding diaryl/α,β-unsaturated/α-hetero) is 1. The number of hydrogen-bond acceptors (Lipinski definition) is 6. The van der Waals surface area contributed by atoms with Gasteiger partial charge in [0, 0.05) is 28.6 Å². The van der Waals surface area contributed by atoms with E-state index in [-0.39, 0.29) is 25.0 Å². The smallest absolute Gasteiger partial charge is 0.325 e. The summed E-state index contributed by atoms with van der Waals surface area (Å²) in [5.74, 6) is -0.439. The third-order valence-corrected chi connectivity index (χ3v) is 4.86. The molecule has 0 saturated heterocycles. The molecule has 1 aromatic heterocycles. The molecule has 1 aromatic carbocycles. The highest BCUT2D eigenvalue weighted by atomic mass is 16.5. The molecule has 2 aromatic rings. The largest absolute Gasteiger partial charge is 0.490 e. The van der Waals surface area contributed by atoms with Crippen molar-refractivity contribution in [2.24, 2.45) is 0 Å². The maximum absolute atomic E-state index is 12.5. The van der Waals surface area contributed by atoms with Crippen molar-refractivity contribution in [1.29, 1.82) is 0 Å². The second kappa shape index (κ2) is 11.4. The van der Waals surface area contributed by atoms with Gasteiger partial charge in [-0.25, -0.2) is 0 Å². The molecule has 1 heterocycles. The highest BCUT2D eigenvalue weighted by Crippen LogP contribution is 2.28. The van der Waals surface area contributed by atoms with E-state index in [0.717, 1.165) is 11.4 Å². The SMILES string of the molecule is CCOc1ccc(C(=O)NCC(=O)OCC(=O)c2cc(C)n(C(C)C)c2C)cc1OCC. The summed E-state index contributed by atoms with van der Waals surface area (Å²) in [5.41, 5.74) is 2.67. The standard InChI is InChI=1S/C24H32N2O6/c1-7-30-21-10-9-18(12-22(21)31-8-2)24(29)25-13-23(28)32-14-20(27)19-11-16(5)26(15(3)4)17(19)6/h9-12,15H,7-8,13-14H2,1-6H3,(H,25,29). The lowest BCUT2D eigenvalue weighted by Gasteiger charge is -2.13. The molecule has 0 aliphatic rings. The highest BCUT2D eigenvalue weighted by Gasteiger charge is 2.19. The Balaban J connectivity index is 1.92. The number of ether oxygens (including phenoxy) is 3. The third-order valence-electron chi connectivity index (χ3n) is 4.86. The topological polar surface area (TPSA) is 95.9 Å². The van der Waals surface area contributed by atoms with Gasteiger partial charge < -0.3 is 24.1 Å². The Hall–Kier alpha value is -3.29. The fourth-order valence-electron chi connectivity index (χ4n) is 3.58. The van der Waals surface area contributed by atoms with Crippen LogP contribution >= 0.6 is 0 Å².